The molecule has 16 heavy (non-hydrogen) atoms. The monoisotopic (exact) mass is 237 g/mol. The van der Waals surface area contributed by atoms with E-state index in [9.17, 15) is 4.79 Å². The van der Waals surface area contributed by atoms with Crippen LogP contribution in [0.2, 0.25) is 0 Å². The molecule has 0 aliphatic carbocycles. The molecule has 86 valence electrons. The average molecular weight is 237 g/mol. The molecule has 3 rings (SSSR count). The Morgan fingerprint density at radius 3 is 3.25 bits per heavy atom. The molecule has 4 nitrogen and oxygen atoms in total. The minimum absolute atomic E-state index is 0.0949. The fourth-order valence-electron chi connectivity index (χ4n) is 2.69. The van der Waals surface area contributed by atoms with Crippen molar-refractivity contribution in [1.82, 2.24) is 15.2 Å². The van der Waals surface area contributed by atoms with Gasteiger partial charge in [-0.2, -0.15) is 0 Å². The van der Waals surface area contributed by atoms with Crippen LogP contribution >= 0.6 is 11.3 Å². The first kappa shape index (κ1) is 10.2. The van der Waals surface area contributed by atoms with Gasteiger partial charge in [0.15, 0.2) is 0 Å². The zero-order valence-corrected chi connectivity index (χ0v) is 9.87. The van der Waals surface area contributed by atoms with Crippen molar-refractivity contribution in [3.8, 4) is 0 Å². The molecule has 0 radical (unpaired) electrons. The van der Waals surface area contributed by atoms with Gasteiger partial charge in [0.05, 0.1) is 5.51 Å². The van der Waals surface area contributed by atoms with E-state index in [1.165, 1.54) is 24.2 Å². The van der Waals surface area contributed by atoms with E-state index in [0.717, 1.165) is 19.6 Å². The van der Waals surface area contributed by atoms with Crippen LogP contribution < -0.4 is 5.32 Å². The summed E-state index contributed by atoms with van der Waals surface area (Å²) in [6.07, 6.45) is 2.48. The van der Waals surface area contributed by atoms with Gasteiger partial charge in [-0.3, -0.25) is 4.79 Å². The van der Waals surface area contributed by atoms with Gasteiger partial charge in [0.1, 0.15) is 5.69 Å². The zero-order chi connectivity index (χ0) is 11.0. The largest absolute Gasteiger partial charge is 0.335 e. The van der Waals surface area contributed by atoms with Crippen molar-refractivity contribution < 1.29 is 4.79 Å². The molecule has 2 fully saturated rings. The lowest BCUT2D eigenvalue weighted by Gasteiger charge is -2.24. The van der Waals surface area contributed by atoms with Gasteiger partial charge in [0.2, 0.25) is 0 Å². The lowest BCUT2D eigenvalue weighted by Crippen LogP contribution is -2.41. The number of rotatable bonds is 1. The van der Waals surface area contributed by atoms with E-state index in [2.05, 4.69) is 10.3 Å². The highest BCUT2D eigenvalue weighted by molar-refractivity contribution is 7.07. The lowest BCUT2D eigenvalue weighted by atomic mass is 9.94. The quantitative estimate of drug-likeness (QED) is 0.791. The van der Waals surface area contributed by atoms with Gasteiger partial charge in [0.25, 0.3) is 5.91 Å². The third kappa shape index (κ3) is 1.74. The van der Waals surface area contributed by atoms with Gasteiger partial charge in [-0.25, -0.2) is 4.98 Å². The van der Waals surface area contributed by atoms with Crippen LogP contribution in [0, 0.1) is 5.92 Å². The minimum Gasteiger partial charge on any atom is -0.335 e. The Morgan fingerprint density at radius 2 is 2.50 bits per heavy atom. The van der Waals surface area contributed by atoms with Crippen LogP contribution in [-0.2, 0) is 0 Å². The Labute approximate surface area is 98.7 Å². The second kappa shape index (κ2) is 4.14. The summed E-state index contributed by atoms with van der Waals surface area (Å²) in [6, 6.07) is 0.510. The molecular formula is C11H15N3OS. The van der Waals surface area contributed by atoms with Crippen LogP contribution in [0.5, 0.6) is 0 Å². The molecule has 0 unspecified atom stereocenters. The second-order valence-electron chi connectivity index (χ2n) is 4.55. The van der Waals surface area contributed by atoms with Crippen molar-refractivity contribution >= 4 is 17.2 Å². The summed E-state index contributed by atoms with van der Waals surface area (Å²) in [4.78, 5) is 18.1. The van der Waals surface area contributed by atoms with E-state index in [1.54, 1.807) is 5.51 Å². The van der Waals surface area contributed by atoms with E-state index in [-0.39, 0.29) is 5.91 Å². The molecule has 1 N–H and O–H groups in total. The highest BCUT2D eigenvalue weighted by Crippen LogP contribution is 2.25. The molecule has 0 spiro atoms. The van der Waals surface area contributed by atoms with Crippen LogP contribution in [0.1, 0.15) is 23.3 Å². The SMILES string of the molecule is O=C(c1cscn1)N1C[C@H]2CCCN[C@H]2C1. The predicted molar refractivity (Wildman–Crippen MR) is 62.5 cm³/mol. The smallest absolute Gasteiger partial charge is 0.273 e. The van der Waals surface area contributed by atoms with E-state index in [1.807, 2.05) is 10.3 Å². The van der Waals surface area contributed by atoms with Crippen LogP contribution in [0.3, 0.4) is 0 Å². The Hall–Kier alpha value is -0.940. The number of piperidine rings is 1. The van der Waals surface area contributed by atoms with Crippen molar-refractivity contribution in [2.24, 2.45) is 5.92 Å². The van der Waals surface area contributed by atoms with Crippen molar-refractivity contribution in [2.45, 2.75) is 18.9 Å². The number of carbonyl (C=O) groups is 1. The fraction of sp³-hybridized carbons (Fsp3) is 0.636. The zero-order valence-electron chi connectivity index (χ0n) is 9.06. The molecule has 2 aliphatic rings. The predicted octanol–water partition coefficient (Wildman–Crippen LogP) is 0.967. The van der Waals surface area contributed by atoms with E-state index >= 15 is 0 Å². The number of likely N-dealkylation sites (tertiary alicyclic amines) is 1. The van der Waals surface area contributed by atoms with Gasteiger partial charge >= 0.3 is 0 Å². The Bertz CT molecular complexity index is 365. The third-order valence-corrected chi connectivity index (χ3v) is 4.12. The molecule has 2 saturated heterocycles. The summed E-state index contributed by atoms with van der Waals surface area (Å²) in [5.41, 5.74) is 2.32. The first-order valence-corrected chi connectivity index (χ1v) is 6.70. The molecule has 0 bridgehead atoms. The molecular weight excluding hydrogens is 222 g/mol. The molecule has 0 aromatic carbocycles. The van der Waals surface area contributed by atoms with Crippen LogP contribution in [0.15, 0.2) is 10.9 Å². The average Bonchev–Trinajstić information content (AvgIpc) is 2.97. The Kier molecular flexibility index (Phi) is 2.65. The van der Waals surface area contributed by atoms with Crippen molar-refractivity contribution in [1.29, 1.82) is 0 Å². The second-order valence-corrected chi connectivity index (χ2v) is 5.27. The number of aromatic nitrogens is 1. The first-order valence-electron chi connectivity index (χ1n) is 5.75. The van der Waals surface area contributed by atoms with Gasteiger partial charge in [0, 0.05) is 24.5 Å². The van der Waals surface area contributed by atoms with Crippen molar-refractivity contribution in [3.05, 3.63) is 16.6 Å². The van der Waals surface area contributed by atoms with E-state index in [0.29, 0.717) is 17.7 Å². The van der Waals surface area contributed by atoms with Crippen LogP contribution in [0.25, 0.3) is 0 Å². The number of hydrogen-bond donors (Lipinski definition) is 1. The maximum absolute atomic E-state index is 12.1. The number of nitrogens with one attached hydrogen (secondary N) is 1. The summed E-state index contributed by atoms with van der Waals surface area (Å²) >= 11 is 1.48. The number of nitrogens with zero attached hydrogens (tertiary/aromatic N) is 2. The summed E-state index contributed by atoms with van der Waals surface area (Å²) in [7, 11) is 0. The molecule has 1 amide bonds. The summed E-state index contributed by atoms with van der Waals surface area (Å²) < 4.78 is 0. The number of amides is 1. The third-order valence-electron chi connectivity index (χ3n) is 3.54. The van der Waals surface area contributed by atoms with Crippen LogP contribution in [-0.4, -0.2) is 41.5 Å². The molecule has 1 aromatic rings. The number of thiazole rings is 1. The normalized spacial score (nSPS) is 29.1. The molecule has 3 heterocycles. The van der Waals surface area contributed by atoms with Crippen molar-refractivity contribution in [3.63, 3.8) is 0 Å². The molecule has 5 heteroatoms. The number of hydrogen-bond acceptors (Lipinski definition) is 4. The summed E-state index contributed by atoms with van der Waals surface area (Å²) in [5, 5.41) is 5.33. The lowest BCUT2D eigenvalue weighted by molar-refractivity contribution is 0.0780. The first-order chi connectivity index (χ1) is 7.84. The maximum Gasteiger partial charge on any atom is 0.273 e. The van der Waals surface area contributed by atoms with Gasteiger partial charge in [-0.15, -0.1) is 11.3 Å². The Balaban J connectivity index is 1.71. The maximum atomic E-state index is 12.1. The molecule has 2 atom stereocenters. The van der Waals surface area contributed by atoms with Crippen molar-refractivity contribution in [2.75, 3.05) is 19.6 Å². The molecule has 1 aromatic heterocycles. The van der Waals surface area contributed by atoms with Gasteiger partial charge in [-0.05, 0) is 25.3 Å². The summed E-state index contributed by atoms with van der Waals surface area (Å²) in [6.45, 7) is 2.84. The Morgan fingerprint density at radius 1 is 1.56 bits per heavy atom. The van der Waals surface area contributed by atoms with Gasteiger partial charge in [-0.1, -0.05) is 0 Å². The highest BCUT2D eigenvalue weighted by atomic mass is 32.1. The number of carbonyl (C=O) groups excluding carboxylic acids is 1. The number of fused-ring (bicyclic) bond motifs is 1. The standard InChI is InChI=1S/C11H15N3OS/c15-11(10-6-16-7-13-10)14-4-8-2-1-3-12-9(8)5-14/h6-9,12H,1-5H2/t8-,9+/m1/s1. The van der Waals surface area contributed by atoms with E-state index in [4.69, 9.17) is 0 Å². The molecule has 0 saturated carbocycles. The van der Waals surface area contributed by atoms with Gasteiger partial charge < -0.3 is 10.2 Å². The molecule has 2 aliphatic heterocycles. The van der Waals surface area contributed by atoms with E-state index < -0.39 is 0 Å². The van der Waals surface area contributed by atoms with Crippen LogP contribution in [0.4, 0.5) is 0 Å². The topological polar surface area (TPSA) is 45.2 Å². The fourth-order valence-corrected chi connectivity index (χ4v) is 3.22. The highest BCUT2D eigenvalue weighted by Gasteiger charge is 2.36. The minimum atomic E-state index is 0.0949. The summed E-state index contributed by atoms with van der Waals surface area (Å²) in [5.74, 6) is 0.744.